The van der Waals surface area contributed by atoms with Gasteiger partial charge in [0.2, 0.25) is 5.76 Å². The second kappa shape index (κ2) is 7.57. The minimum atomic E-state index is -0.477. The Bertz CT molecular complexity index is 885. The Kier molecular flexibility index (Phi) is 5.23. The molecule has 0 aliphatic rings. The molecule has 25 heavy (non-hydrogen) atoms. The molecular formula is C18H19N3O3S. The van der Waals surface area contributed by atoms with Gasteiger partial charge in [-0.25, -0.2) is 4.79 Å². The highest BCUT2D eigenvalue weighted by Crippen LogP contribution is 2.27. The molecule has 2 aromatic heterocycles. The van der Waals surface area contributed by atoms with Crippen LogP contribution in [0.3, 0.4) is 0 Å². The lowest BCUT2D eigenvalue weighted by Crippen LogP contribution is -2.00. The number of benzene rings is 1. The molecule has 0 aliphatic heterocycles. The molecule has 3 aromatic rings. The molecule has 0 saturated carbocycles. The summed E-state index contributed by atoms with van der Waals surface area (Å²) in [5.74, 6) is 1.82. The summed E-state index contributed by atoms with van der Waals surface area (Å²) in [6.45, 7) is 4.89. The molecular weight excluding hydrogens is 338 g/mol. The Morgan fingerprint density at radius 1 is 1.28 bits per heavy atom. The molecule has 0 spiro atoms. The Hall–Kier alpha value is -2.54. The van der Waals surface area contributed by atoms with E-state index >= 15 is 0 Å². The van der Waals surface area contributed by atoms with E-state index in [0.29, 0.717) is 11.5 Å². The van der Waals surface area contributed by atoms with Crippen molar-refractivity contribution in [3.8, 4) is 11.4 Å². The van der Waals surface area contributed by atoms with Crippen LogP contribution in [0, 0.1) is 6.92 Å². The maximum Gasteiger partial charge on any atom is 0.373 e. The van der Waals surface area contributed by atoms with Crippen molar-refractivity contribution in [1.82, 2.24) is 14.8 Å². The van der Waals surface area contributed by atoms with Gasteiger partial charge in [-0.1, -0.05) is 35.5 Å². The number of carbonyl (C=O) groups is 1. The molecule has 0 bridgehead atoms. The molecule has 0 radical (unpaired) electrons. The fraction of sp³-hybridized carbons (Fsp3) is 0.278. The number of rotatable bonds is 6. The number of nitrogens with zero attached hydrogens (tertiary/aromatic N) is 3. The van der Waals surface area contributed by atoms with Crippen LogP contribution >= 0.6 is 11.8 Å². The molecule has 0 amide bonds. The lowest BCUT2D eigenvalue weighted by Gasteiger charge is -2.07. The minimum Gasteiger partial charge on any atom is -0.463 e. The lowest BCUT2D eigenvalue weighted by atomic mass is 10.1. The molecule has 0 unspecified atom stereocenters. The first-order valence-corrected chi connectivity index (χ1v) is 8.91. The Balaban J connectivity index is 1.77. The first-order valence-electron chi connectivity index (χ1n) is 7.92. The number of hydrogen-bond donors (Lipinski definition) is 0. The van der Waals surface area contributed by atoms with Gasteiger partial charge in [-0.3, -0.25) is 0 Å². The number of esters is 1. The highest BCUT2D eigenvalue weighted by molar-refractivity contribution is 7.98. The fourth-order valence-electron chi connectivity index (χ4n) is 2.48. The number of furan rings is 1. The van der Waals surface area contributed by atoms with E-state index in [1.54, 1.807) is 12.1 Å². The van der Waals surface area contributed by atoms with Gasteiger partial charge < -0.3 is 13.7 Å². The molecule has 2 heterocycles. The predicted molar refractivity (Wildman–Crippen MR) is 95.5 cm³/mol. The van der Waals surface area contributed by atoms with Crippen molar-refractivity contribution in [3.63, 3.8) is 0 Å². The SMILES string of the molecule is CCn1c(SCc2ccc(C(=O)OC)o2)nnc1-c1cccc(C)c1. The molecule has 130 valence electrons. The van der Waals surface area contributed by atoms with E-state index in [9.17, 15) is 4.79 Å². The second-order valence-electron chi connectivity index (χ2n) is 5.47. The highest BCUT2D eigenvalue weighted by atomic mass is 32.2. The topological polar surface area (TPSA) is 70.2 Å². The number of ether oxygens (including phenoxy) is 1. The van der Waals surface area contributed by atoms with E-state index in [2.05, 4.69) is 45.5 Å². The quantitative estimate of drug-likeness (QED) is 0.491. The van der Waals surface area contributed by atoms with Crippen LogP contribution in [0.2, 0.25) is 0 Å². The van der Waals surface area contributed by atoms with Crippen LogP contribution < -0.4 is 0 Å². The van der Waals surface area contributed by atoms with Crippen molar-refractivity contribution in [2.24, 2.45) is 0 Å². The van der Waals surface area contributed by atoms with Crippen molar-refractivity contribution >= 4 is 17.7 Å². The first-order chi connectivity index (χ1) is 12.1. The number of hydrogen-bond acceptors (Lipinski definition) is 6. The van der Waals surface area contributed by atoms with Crippen molar-refractivity contribution in [2.75, 3.05) is 7.11 Å². The molecule has 6 nitrogen and oxygen atoms in total. The van der Waals surface area contributed by atoms with Gasteiger partial charge in [0, 0.05) is 12.1 Å². The van der Waals surface area contributed by atoms with Crippen molar-refractivity contribution in [2.45, 2.75) is 31.3 Å². The van der Waals surface area contributed by atoms with Gasteiger partial charge in [0.05, 0.1) is 12.9 Å². The number of aryl methyl sites for hydroxylation is 1. The zero-order valence-electron chi connectivity index (χ0n) is 14.4. The average Bonchev–Trinajstić information content (AvgIpc) is 3.25. The van der Waals surface area contributed by atoms with Crippen LogP contribution in [-0.2, 0) is 17.0 Å². The minimum absolute atomic E-state index is 0.204. The molecule has 0 N–H and O–H groups in total. The van der Waals surface area contributed by atoms with E-state index in [0.717, 1.165) is 23.1 Å². The maximum absolute atomic E-state index is 11.4. The average molecular weight is 357 g/mol. The summed E-state index contributed by atoms with van der Waals surface area (Å²) < 4.78 is 12.2. The van der Waals surface area contributed by atoms with Gasteiger partial charge in [-0.05, 0) is 32.0 Å². The highest BCUT2D eigenvalue weighted by Gasteiger charge is 2.15. The monoisotopic (exact) mass is 357 g/mol. The van der Waals surface area contributed by atoms with E-state index in [4.69, 9.17) is 4.42 Å². The van der Waals surface area contributed by atoms with Crippen molar-refractivity contribution in [1.29, 1.82) is 0 Å². The van der Waals surface area contributed by atoms with Crippen LogP contribution in [0.5, 0.6) is 0 Å². The second-order valence-corrected chi connectivity index (χ2v) is 6.41. The van der Waals surface area contributed by atoms with Crippen LogP contribution in [0.15, 0.2) is 46.0 Å². The molecule has 0 saturated heterocycles. The standard InChI is InChI=1S/C18H19N3O3S/c1-4-21-16(13-7-5-6-12(2)10-13)19-20-18(21)25-11-14-8-9-15(24-14)17(22)23-3/h5-10H,4,11H2,1-3H3. The van der Waals surface area contributed by atoms with E-state index in [1.165, 1.54) is 24.4 Å². The normalized spacial score (nSPS) is 10.8. The van der Waals surface area contributed by atoms with E-state index in [-0.39, 0.29) is 5.76 Å². The molecule has 0 aliphatic carbocycles. The summed E-state index contributed by atoms with van der Waals surface area (Å²) in [7, 11) is 1.33. The molecule has 7 heteroatoms. The Morgan fingerprint density at radius 3 is 2.84 bits per heavy atom. The summed E-state index contributed by atoms with van der Waals surface area (Å²) in [5, 5.41) is 9.47. The number of thioether (sulfide) groups is 1. The third-order valence-corrected chi connectivity index (χ3v) is 4.69. The molecule has 0 atom stereocenters. The van der Waals surface area contributed by atoms with Gasteiger partial charge in [-0.15, -0.1) is 10.2 Å². The van der Waals surface area contributed by atoms with E-state index in [1.807, 2.05) is 12.1 Å². The van der Waals surface area contributed by atoms with Crippen LogP contribution in [0.25, 0.3) is 11.4 Å². The third-order valence-electron chi connectivity index (χ3n) is 3.70. The molecule has 1 aromatic carbocycles. The fourth-order valence-corrected chi connectivity index (χ4v) is 3.38. The first kappa shape index (κ1) is 17.3. The van der Waals surface area contributed by atoms with Gasteiger partial charge in [0.15, 0.2) is 11.0 Å². The predicted octanol–water partition coefficient (Wildman–Crippen LogP) is 3.95. The zero-order chi connectivity index (χ0) is 17.8. The summed E-state index contributed by atoms with van der Waals surface area (Å²) in [4.78, 5) is 11.4. The molecule has 3 rings (SSSR count). The van der Waals surface area contributed by atoms with Crippen LogP contribution in [0.1, 0.15) is 28.8 Å². The van der Waals surface area contributed by atoms with Crippen LogP contribution in [0.4, 0.5) is 0 Å². The van der Waals surface area contributed by atoms with Gasteiger partial charge in [0.1, 0.15) is 5.76 Å². The van der Waals surface area contributed by atoms with Gasteiger partial charge in [-0.2, -0.15) is 0 Å². The molecule has 0 fully saturated rings. The Morgan fingerprint density at radius 2 is 2.12 bits per heavy atom. The largest absolute Gasteiger partial charge is 0.463 e. The summed E-state index contributed by atoms with van der Waals surface area (Å²) in [6, 6.07) is 11.6. The van der Waals surface area contributed by atoms with Crippen molar-refractivity contribution < 1.29 is 13.9 Å². The zero-order valence-corrected chi connectivity index (χ0v) is 15.2. The van der Waals surface area contributed by atoms with E-state index < -0.39 is 5.97 Å². The summed E-state index contributed by atoms with van der Waals surface area (Å²) >= 11 is 1.52. The maximum atomic E-state index is 11.4. The smallest absolute Gasteiger partial charge is 0.373 e. The number of carbonyl (C=O) groups excluding carboxylic acids is 1. The lowest BCUT2D eigenvalue weighted by molar-refractivity contribution is 0.0563. The number of methoxy groups -OCH3 is 1. The number of aromatic nitrogens is 3. The van der Waals surface area contributed by atoms with Crippen LogP contribution in [-0.4, -0.2) is 27.8 Å². The summed E-state index contributed by atoms with van der Waals surface area (Å²) in [5.41, 5.74) is 2.23. The van der Waals surface area contributed by atoms with Crippen molar-refractivity contribution in [3.05, 3.63) is 53.5 Å². The van der Waals surface area contributed by atoms with Gasteiger partial charge in [0.25, 0.3) is 0 Å². The Labute approximate surface area is 150 Å². The van der Waals surface area contributed by atoms with Gasteiger partial charge >= 0.3 is 5.97 Å². The third kappa shape index (κ3) is 3.76. The summed E-state index contributed by atoms with van der Waals surface area (Å²) in [6.07, 6.45) is 0.